The molecule has 1 aliphatic heterocycles. The van der Waals surface area contributed by atoms with Crippen LogP contribution >= 0.6 is 0 Å². The Morgan fingerprint density at radius 2 is 1.85 bits per heavy atom. The smallest absolute Gasteiger partial charge is 0.497 e. The first-order valence-corrected chi connectivity index (χ1v) is 15.4. The second-order valence-electron chi connectivity index (χ2n) is 9.84. The Kier molecular flexibility index (Phi) is 7.12. The number of anilines is 1. The molecule has 1 atom stereocenters. The van der Waals surface area contributed by atoms with Gasteiger partial charge in [-0.05, 0) is 48.3 Å². The topological polar surface area (TPSA) is 104 Å². The summed E-state index contributed by atoms with van der Waals surface area (Å²) in [4.78, 5) is 4.40. The van der Waals surface area contributed by atoms with Gasteiger partial charge in [-0.1, -0.05) is 45.0 Å². The SMILES string of the molecule is COc1ccc2c(c1)N(/C(O)=C(\[N+]#N)S(=O)(=O)c1ccccc1)C(CO[Si](C)(C)C(C)(C)C)C2. The van der Waals surface area contributed by atoms with E-state index < -0.39 is 35.1 Å². The lowest BCUT2D eigenvalue weighted by Crippen LogP contribution is -2.45. The van der Waals surface area contributed by atoms with Crippen LogP contribution in [-0.2, 0) is 20.7 Å². The van der Waals surface area contributed by atoms with E-state index in [2.05, 4.69) is 38.8 Å². The minimum Gasteiger partial charge on any atom is -0.497 e. The molecule has 182 valence electrons. The van der Waals surface area contributed by atoms with Crippen molar-refractivity contribution < 1.29 is 22.7 Å². The fraction of sp³-hybridized carbons (Fsp3) is 0.417. The van der Waals surface area contributed by atoms with Crippen molar-refractivity contribution in [3.8, 4) is 5.75 Å². The highest BCUT2D eigenvalue weighted by atomic mass is 32.2. The second-order valence-corrected chi connectivity index (χ2v) is 16.5. The van der Waals surface area contributed by atoms with Gasteiger partial charge in [0, 0.05) is 6.07 Å². The summed E-state index contributed by atoms with van der Waals surface area (Å²) in [5.41, 5.74) is 1.47. The first kappa shape index (κ1) is 25.7. The molecule has 0 saturated carbocycles. The van der Waals surface area contributed by atoms with Gasteiger partial charge in [0.2, 0.25) is 5.39 Å². The van der Waals surface area contributed by atoms with Gasteiger partial charge >= 0.3 is 10.9 Å². The van der Waals surface area contributed by atoms with Crippen LogP contribution in [0.2, 0.25) is 18.1 Å². The van der Waals surface area contributed by atoms with E-state index in [0.29, 0.717) is 17.9 Å². The Balaban J connectivity index is 2.10. The predicted octanol–water partition coefficient (Wildman–Crippen LogP) is 5.46. The number of rotatable bonds is 7. The molecule has 1 heterocycles. The molecule has 0 bridgehead atoms. The van der Waals surface area contributed by atoms with E-state index in [1.165, 1.54) is 24.1 Å². The van der Waals surface area contributed by atoms with Gasteiger partial charge in [-0.2, -0.15) is 0 Å². The number of aliphatic hydroxyl groups is 1. The second kappa shape index (κ2) is 9.41. The van der Waals surface area contributed by atoms with Crippen molar-refractivity contribution in [2.75, 3.05) is 18.6 Å². The maximum Gasteiger partial charge on any atom is 0.538 e. The third-order valence-corrected chi connectivity index (χ3v) is 12.8. The van der Waals surface area contributed by atoms with Crippen LogP contribution in [0.4, 0.5) is 5.69 Å². The molecule has 0 spiro atoms. The van der Waals surface area contributed by atoms with Gasteiger partial charge in [-0.25, -0.2) is 8.42 Å². The fourth-order valence-electron chi connectivity index (χ4n) is 3.58. The lowest BCUT2D eigenvalue weighted by Gasteiger charge is -2.38. The Morgan fingerprint density at radius 1 is 1.21 bits per heavy atom. The number of hydrogen-bond donors (Lipinski definition) is 1. The standard InChI is InChI=1S/C24H31N3O5SSi/c1-24(2,3)34(5,6)32-16-18-14-17-12-13-19(31-4)15-21(17)27(18)23(28)22(26-25)33(29,30)20-10-8-7-9-11-20/h7-13,15,18H,14,16H2,1-6H3/p+1/b23-22-. The van der Waals surface area contributed by atoms with Crippen LogP contribution in [0.3, 0.4) is 0 Å². The number of hydrogen-bond acceptors (Lipinski definition) is 7. The Morgan fingerprint density at radius 3 is 2.41 bits per heavy atom. The quantitative estimate of drug-likeness (QED) is 0.304. The number of aliphatic hydroxyl groups excluding tert-OH is 1. The summed E-state index contributed by atoms with van der Waals surface area (Å²) in [6, 6.07) is 12.6. The molecule has 2 aromatic rings. The highest BCUT2D eigenvalue weighted by Gasteiger charge is 2.45. The third kappa shape index (κ3) is 4.82. The molecule has 8 nitrogen and oxygen atoms in total. The molecule has 1 unspecified atom stereocenters. The zero-order valence-electron chi connectivity index (χ0n) is 20.4. The third-order valence-electron chi connectivity index (χ3n) is 6.63. The minimum atomic E-state index is -4.29. The molecular weight excluding hydrogens is 470 g/mol. The number of fused-ring (bicyclic) bond motifs is 1. The monoisotopic (exact) mass is 502 g/mol. The van der Waals surface area contributed by atoms with E-state index >= 15 is 0 Å². The number of benzene rings is 2. The van der Waals surface area contributed by atoms with Crippen LogP contribution in [0.25, 0.3) is 4.98 Å². The van der Waals surface area contributed by atoms with Crippen LogP contribution in [-0.4, -0.2) is 41.6 Å². The van der Waals surface area contributed by atoms with Gasteiger partial charge in [0.25, 0.3) is 9.84 Å². The summed E-state index contributed by atoms with van der Waals surface area (Å²) in [7, 11) is -4.88. The average Bonchev–Trinajstić information content (AvgIpc) is 3.15. The lowest BCUT2D eigenvalue weighted by atomic mass is 10.1. The lowest BCUT2D eigenvalue weighted by molar-refractivity contribution is 0.252. The number of nitrogens with zero attached hydrogens (tertiary/aromatic N) is 3. The van der Waals surface area contributed by atoms with Crippen LogP contribution in [0.1, 0.15) is 26.3 Å². The van der Waals surface area contributed by atoms with Gasteiger partial charge < -0.3 is 14.3 Å². The number of ether oxygens (including phenoxy) is 1. The molecule has 0 radical (unpaired) electrons. The maximum absolute atomic E-state index is 13.2. The Bertz CT molecular complexity index is 1230. The molecule has 0 amide bonds. The van der Waals surface area contributed by atoms with Crippen LogP contribution in [0.15, 0.2) is 64.3 Å². The normalized spacial score (nSPS) is 17.1. The van der Waals surface area contributed by atoms with E-state index in [4.69, 9.17) is 9.16 Å². The summed E-state index contributed by atoms with van der Waals surface area (Å²) in [6.45, 7) is 10.9. The van der Waals surface area contributed by atoms with Gasteiger partial charge in [0.05, 0.1) is 30.3 Å². The van der Waals surface area contributed by atoms with E-state index in [-0.39, 0.29) is 16.5 Å². The fourth-order valence-corrected chi connectivity index (χ4v) is 5.81. The van der Waals surface area contributed by atoms with E-state index in [1.807, 2.05) is 12.1 Å². The zero-order valence-corrected chi connectivity index (χ0v) is 22.3. The molecule has 34 heavy (non-hydrogen) atoms. The molecule has 1 aliphatic rings. The van der Waals surface area contributed by atoms with E-state index in [9.17, 15) is 18.9 Å². The molecule has 2 aromatic carbocycles. The van der Waals surface area contributed by atoms with Gasteiger partial charge in [-0.15, -0.1) is 0 Å². The van der Waals surface area contributed by atoms with Gasteiger partial charge in [0.1, 0.15) is 5.75 Å². The van der Waals surface area contributed by atoms with Gasteiger partial charge in [0.15, 0.2) is 13.3 Å². The first-order valence-electron chi connectivity index (χ1n) is 11.0. The molecule has 10 heteroatoms. The minimum absolute atomic E-state index is 0.0212. The largest absolute Gasteiger partial charge is 0.538 e. The summed E-state index contributed by atoms with van der Waals surface area (Å²) < 4.78 is 38.2. The number of methoxy groups -OCH3 is 1. The summed E-state index contributed by atoms with van der Waals surface area (Å²) >= 11 is 0. The van der Waals surface area contributed by atoms with Gasteiger partial charge in [-0.3, -0.25) is 4.90 Å². The predicted molar refractivity (Wildman–Crippen MR) is 134 cm³/mol. The van der Waals surface area contributed by atoms with Crippen molar-refractivity contribution in [2.45, 2.75) is 56.3 Å². The summed E-state index contributed by atoms with van der Waals surface area (Å²) in [6.07, 6.45) is 0.516. The molecule has 3 rings (SSSR count). The van der Waals surface area contributed by atoms with Crippen LogP contribution < -0.4 is 9.64 Å². The zero-order chi connectivity index (χ0) is 25.3. The molecule has 0 fully saturated rings. The van der Waals surface area contributed by atoms with Crippen molar-refractivity contribution in [2.24, 2.45) is 0 Å². The highest BCUT2D eigenvalue weighted by Crippen LogP contribution is 2.41. The Labute approximate surface area is 202 Å². The molecular formula is C24H32N3O5SSi+. The van der Waals surface area contributed by atoms with Crippen molar-refractivity contribution in [1.29, 1.82) is 5.39 Å². The molecule has 1 N–H and O–H groups in total. The highest BCUT2D eigenvalue weighted by molar-refractivity contribution is 7.95. The molecule has 0 aromatic heterocycles. The van der Waals surface area contributed by atoms with Crippen molar-refractivity contribution in [3.63, 3.8) is 0 Å². The summed E-state index contributed by atoms with van der Waals surface area (Å²) in [5.74, 6) is -0.113. The van der Waals surface area contributed by atoms with Crippen LogP contribution in [0.5, 0.6) is 5.75 Å². The van der Waals surface area contributed by atoms with Crippen LogP contribution in [0, 0.1) is 5.39 Å². The van der Waals surface area contributed by atoms with E-state index in [1.54, 1.807) is 24.3 Å². The number of diazo groups is 1. The molecule has 0 saturated heterocycles. The molecule has 0 aliphatic carbocycles. The first-order chi connectivity index (χ1) is 15.8. The van der Waals surface area contributed by atoms with E-state index in [0.717, 1.165) is 5.56 Å². The van der Waals surface area contributed by atoms with Crippen molar-refractivity contribution >= 4 is 23.8 Å². The Hall–Kier alpha value is -2.87. The van der Waals surface area contributed by atoms with Crippen molar-refractivity contribution in [3.05, 3.63) is 70.0 Å². The average molecular weight is 503 g/mol. The number of sulfone groups is 1. The maximum atomic E-state index is 13.2. The summed E-state index contributed by atoms with van der Waals surface area (Å²) in [5, 5.41) is 20.1. The van der Waals surface area contributed by atoms with Crippen molar-refractivity contribution in [1.82, 2.24) is 0 Å².